The van der Waals surface area contributed by atoms with Gasteiger partial charge in [-0.05, 0) is 37.5 Å². The minimum Gasteiger partial charge on any atom is -0.494 e. The zero-order valence-corrected chi connectivity index (χ0v) is 15.5. The number of nitrogens with one attached hydrogen (secondary N) is 2. The molecule has 0 aliphatic carbocycles. The summed E-state index contributed by atoms with van der Waals surface area (Å²) >= 11 is 0. The summed E-state index contributed by atoms with van der Waals surface area (Å²) in [5.74, 6) is 1.92. The lowest BCUT2D eigenvalue weighted by atomic mass is 10.1. The molecule has 2 N–H and O–H groups in total. The molecular formula is C19H30N4O2. The molecule has 0 aromatic heterocycles. The fourth-order valence-corrected chi connectivity index (χ4v) is 3.00. The van der Waals surface area contributed by atoms with Crippen LogP contribution in [0.5, 0.6) is 5.75 Å². The van der Waals surface area contributed by atoms with E-state index in [2.05, 4.69) is 27.8 Å². The SMILES string of the molecule is CCOc1cccc(CCNC(=NC)NC2CCN(C(=O)CC)C2)c1. The molecule has 138 valence electrons. The molecule has 1 atom stereocenters. The standard InChI is InChI=1S/C19H30N4O2/c1-4-18(24)23-12-10-16(14-23)22-19(20-3)21-11-9-15-7-6-8-17(13-15)25-5-2/h6-8,13,16H,4-5,9-12,14H2,1-3H3,(H2,20,21,22). The predicted octanol–water partition coefficient (Wildman–Crippen LogP) is 1.80. The molecule has 25 heavy (non-hydrogen) atoms. The largest absolute Gasteiger partial charge is 0.494 e. The van der Waals surface area contributed by atoms with Crippen molar-refractivity contribution >= 4 is 11.9 Å². The van der Waals surface area contributed by atoms with Gasteiger partial charge in [0.05, 0.1) is 6.61 Å². The molecule has 1 amide bonds. The highest BCUT2D eigenvalue weighted by Gasteiger charge is 2.25. The number of ether oxygens (including phenoxy) is 1. The predicted molar refractivity (Wildman–Crippen MR) is 101 cm³/mol. The van der Waals surface area contributed by atoms with Crippen molar-refractivity contribution in [3.05, 3.63) is 29.8 Å². The van der Waals surface area contributed by atoms with Crippen molar-refractivity contribution in [1.29, 1.82) is 0 Å². The van der Waals surface area contributed by atoms with Crippen molar-refractivity contribution in [2.24, 2.45) is 4.99 Å². The Balaban J connectivity index is 1.76. The fraction of sp³-hybridized carbons (Fsp3) is 0.579. The Morgan fingerprint density at radius 1 is 1.40 bits per heavy atom. The maximum atomic E-state index is 11.8. The van der Waals surface area contributed by atoms with Crippen molar-refractivity contribution < 1.29 is 9.53 Å². The summed E-state index contributed by atoms with van der Waals surface area (Å²) in [6, 6.07) is 8.44. The van der Waals surface area contributed by atoms with Gasteiger partial charge in [-0.15, -0.1) is 0 Å². The molecule has 0 spiro atoms. The Bertz CT molecular complexity index is 589. The van der Waals surface area contributed by atoms with Gasteiger partial charge < -0.3 is 20.3 Å². The van der Waals surface area contributed by atoms with E-state index in [1.165, 1.54) is 5.56 Å². The van der Waals surface area contributed by atoms with Crippen LogP contribution < -0.4 is 15.4 Å². The number of carbonyl (C=O) groups excluding carboxylic acids is 1. The van der Waals surface area contributed by atoms with Crippen LogP contribution in [0, 0.1) is 0 Å². The van der Waals surface area contributed by atoms with E-state index >= 15 is 0 Å². The molecule has 6 heteroatoms. The van der Waals surface area contributed by atoms with Crippen molar-refractivity contribution in [1.82, 2.24) is 15.5 Å². The van der Waals surface area contributed by atoms with Gasteiger partial charge in [0.2, 0.25) is 5.91 Å². The number of likely N-dealkylation sites (tertiary alicyclic amines) is 1. The van der Waals surface area contributed by atoms with Gasteiger partial charge in [-0.2, -0.15) is 0 Å². The Kier molecular flexibility index (Phi) is 7.57. The summed E-state index contributed by atoms with van der Waals surface area (Å²) in [4.78, 5) is 18.0. The van der Waals surface area contributed by atoms with Crippen LogP contribution in [0.1, 0.15) is 32.3 Å². The first-order valence-corrected chi connectivity index (χ1v) is 9.13. The number of guanidine groups is 1. The molecule has 1 fully saturated rings. The number of carbonyl (C=O) groups is 1. The van der Waals surface area contributed by atoms with E-state index in [-0.39, 0.29) is 11.9 Å². The molecule has 2 rings (SSSR count). The average Bonchev–Trinajstić information content (AvgIpc) is 3.09. The second kappa shape index (κ2) is 9.91. The van der Waals surface area contributed by atoms with Gasteiger partial charge in [0.25, 0.3) is 0 Å². The van der Waals surface area contributed by atoms with Crippen LogP contribution in [-0.2, 0) is 11.2 Å². The third kappa shape index (κ3) is 5.96. The number of aliphatic imine (C=N–C) groups is 1. The van der Waals surface area contributed by atoms with E-state index in [1.807, 2.05) is 30.9 Å². The molecular weight excluding hydrogens is 316 g/mol. The molecule has 1 aliphatic heterocycles. The molecule has 0 bridgehead atoms. The van der Waals surface area contributed by atoms with Crippen LogP contribution in [0.2, 0.25) is 0 Å². The Morgan fingerprint density at radius 3 is 2.96 bits per heavy atom. The maximum Gasteiger partial charge on any atom is 0.222 e. The van der Waals surface area contributed by atoms with Crippen LogP contribution in [0.25, 0.3) is 0 Å². The molecule has 1 aromatic carbocycles. The summed E-state index contributed by atoms with van der Waals surface area (Å²) in [7, 11) is 1.77. The number of hydrogen-bond donors (Lipinski definition) is 2. The fourth-order valence-electron chi connectivity index (χ4n) is 3.00. The van der Waals surface area contributed by atoms with Crippen LogP contribution in [0.4, 0.5) is 0 Å². The average molecular weight is 346 g/mol. The van der Waals surface area contributed by atoms with Gasteiger partial charge in [0.15, 0.2) is 5.96 Å². The molecule has 1 aromatic rings. The van der Waals surface area contributed by atoms with Crippen molar-refractivity contribution in [2.45, 2.75) is 39.2 Å². The van der Waals surface area contributed by atoms with Gasteiger partial charge in [-0.25, -0.2) is 0 Å². The van der Waals surface area contributed by atoms with Gasteiger partial charge in [0, 0.05) is 39.1 Å². The first kappa shape index (κ1) is 19.1. The molecule has 6 nitrogen and oxygen atoms in total. The second-order valence-electron chi connectivity index (χ2n) is 6.15. The summed E-state index contributed by atoms with van der Waals surface area (Å²) in [5.41, 5.74) is 1.23. The number of hydrogen-bond acceptors (Lipinski definition) is 3. The number of amides is 1. The highest BCUT2D eigenvalue weighted by Crippen LogP contribution is 2.13. The minimum atomic E-state index is 0.224. The summed E-state index contributed by atoms with van der Waals surface area (Å²) in [6.07, 6.45) is 2.43. The highest BCUT2D eigenvalue weighted by molar-refractivity contribution is 5.80. The molecule has 1 heterocycles. The van der Waals surface area contributed by atoms with E-state index in [1.54, 1.807) is 7.05 Å². The minimum absolute atomic E-state index is 0.224. The zero-order chi connectivity index (χ0) is 18.1. The maximum absolute atomic E-state index is 11.8. The first-order valence-electron chi connectivity index (χ1n) is 9.13. The summed E-state index contributed by atoms with van der Waals surface area (Å²) in [6.45, 7) is 6.94. The van der Waals surface area contributed by atoms with Crippen LogP contribution in [0.3, 0.4) is 0 Å². The van der Waals surface area contributed by atoms with Crippen molar-refractivity contribution in [3.8, 4) is 5.75 Å². The lowest BCUT2D eigenvalue weighted by Crippen LogP contribution is -2.45. The van der Waals surface area contributed by atoms with E-state index in [4.69, 9.17) is 4.74 Å². The van der Waals surface area contributed by atoms with E-state index in [9.17, 15) is 4.79 Å². The lowest BCUT2D eigenvalue weighted by Gasteiger charge is -2.18. The van der Waals surface area contributed by atoms with Gasteiger partial charge in [0.1, 0.15) is 5.75 Å². The van der Waals surface area contributed by atoms with Crippen molar-refractivity contribution in [2.75, 3.05) is 33.3 Å². The normalized spacial score (nSPS) is 17.5. The van der Waals surface area contributed by atoms with Gasteiger partial charge in [-0.3, -0.25) is 9.79 Å². The van der Waals surface area contributed by atoms with Gasteiger partial charge >= 0.3 is 0 Å². The van der Waals surface area contributed by atoms with E-state index < -0.39 is 0 Å². The van der Waals surface area contributed by atoms with Crippen LogP contribution >= 0.6 is 0 Å². The number of benzene rings is 1. The lowest BCUT2D eigenvalue weighted by molar-refractivity contribution is -0.129. The molecule has 0 radical (unpaired) electrons. The highest BCUT2D eigenvalue weighted by atomic mass is 16.5. The molecule has 1 aliphatic rings. The summed E-state index contributed by atoms with van der Waals surface area (Å²) in [5, 5.41) is 6.76. The third-order valence-corrected chi connectivity index (χ3v) is 4.32. The second-order valence-corrected chi connectivity index (χ2v) is 6.15. The van der Waals surface area contributed by atoms with Crippen LogP contribution in [0.15, 0.2) is 29.3 Å². The quantitative estimate of drug-likeness (QED) is 0.584. The monoisotopic (exact) mass is 346 g/mol. The topological polar surface area (TPSA) is 66.0 Å². The van der Waals surface area contributed by atoms with Crippen molar-refractivity contribution in [3.63, 3.8) is 0 Å². The number of rotatable bonds is 7. The van der Waals surface area contributed by atoms with E-state index in [0.29, 0.717) is 13.0 Å². The molecule has 0 saturated carbocycles. The third-order valence-electron chi connectivity index (χ3n) is 4.32. The Labute approximate surface area is 150 Å². The van der Waals surface area contributed by atoms with Gasteiger partial charge in [-0.1, -0.05) is 19.1 Å². The smallest absolute Gasteiger partial charge is 0.222 e. The molecule has 1 saturated heterocycles. The zero-order valence-electron chi connectivity index (χ0n) is 15.5. The van der Waals surface area contributed by atoms with E-state index in [0.717, 1.165) is 44.2 Å². The Hall–Kier alpha value is -2.24. The van der Waals surface area contributed by atoms with Crippen LogP contribution in [-0.4, -0.2) is 56.1 Å². The summed E-state index contributed by atoms with van der Waals surface area (Å²) < 4.78 is 5.53. The number of nitrogens with zero attached hydrogens (tertiary/aromatic N) is 2. The first-order chi connectivity index (χ1) is 12.2. The Morgan fingerprint density at radius 2 is 2.24 bits per heavy atom. The molecule has 1 unspecified atom stereocenters.